The van der Waals surface area contributed by atoms with Crippen molar-refractivity contribution in [1.29, 1.82) is 0 Å². The molecule has 0 fully saturated rings. The van der Waals surface area contributed by atoms with E-state index in [-0.39, 0.29) is 11.9 Å². The Morgan fingerprint density at radius 1 is 1.12 bits per heavy atom. The molecule has 1 amide bonds. The van der Waals surface area contributed by atoms with Crippen LogP contribution in [0.25, 0.3) is 0 Å². The molecule has 1 aliphatic heterocycles. The van der Waals surface area contributed by atoms with Crippen molar-refractivity contribution in [2.24, 2.45) is 5.10 Å². The van der Waals surface area contributed by atoms with Gasteiger partial charge in [0.2, 0.25) is 0 Å². The molecule has 6 heteroatoms. The Morgan fingerprint density at radius 2 is 1.96 bits per heavy atom. The van der Waals surface area contributed by atoms with Crippen LogP contribution < -0.4 is 0 Å². The SMILES string of the molecule is O=C(c1cccc(Cl)c1)N1N=C(c2cccs2)CC1c1cccs1. The average Bonchev–Trinajstić information content (AvgIpc) is 3.32. The first-order valence-electron chi connectivity index (χ1n) is 7.46. The van der Waals surface area contributed by atoms with Gasteiger partial charge in [-0.05, 0) is 41.1 Å². The fraction of sp³-hybridized carbons (Fsp3) is 0.111. The number of thiophene rings is 2. The molecular weight excluding hydrogens is 360 g/mol. The third-order valence-electron chi connectivity index (χ3n) is 3.87. The average molecular weight is 373 g/mol. The van der Waals surface area contributed by atoms with Crippen molar-refractivity contribution in [2.75, 3.05) is 0 Å². The molecule has 3 aromatic rings. The Hall–Kier alpha value is -1.95. The maximum Gasteiger partial charge on any atom is 0.274 e. The minimum atomic E-state index is -0.123. The second-order valence-corrected chi connectivity index (χ2v) is 7.78. The lowest BCUT2D eigenvalue weighted by atomic mass is 10.1. The maximum absolute atomic E-state index is 13.0. The standard InChI is InChI=1S/C18H13ClN2OS2/c19-13-5-1-4-12(10-13)18(22)21-15(17-7-3-9-24-17)11-14(20-21)16-6-2-8-23-16/h1-10,15H,11H2. The first-order valence-corrected chi connectivity index (χ1v) is 9.60. The molecule has 1 atom stereocenters. The molecular formula is C18H13ClN2OS2. The van der Waals surface area contributed by atoms with Crippen LogP contribution >= 0.6 is 34.3 Å². The number of hydrogen-bond acceptors (Lipinski definition) is 4. The van der Waals surface area contributed by atoms with Gasteiger partial charge in [0.15, 0.2) is 0 Å². The van der Waals surface area contributed by atoms with E-state index in [0.717, 1.165) is 21.9 Å². The van der Waals surface area contributed by atoms with Crippen molar-refractivity contribution in [3.63, 3.8) is 0 Å². The number of carbonyl (C=O) groups excluding carboxylic acids is 1. The molecule has 0 saturated heterocycles. The zero-order valence-corrected chi connectivity index (χ0v) is 14.9. The first-order chi connectivity index (χ1) is 11.7. The topological polar surface area (TPSA) is 32.7 Å². The summed E-state index contributed by atoms with van der Waals surface area (Å²) in [5, 5.41) is 10.9. The highest BCUT2D eigenvalue weighted by atomic mass is 35.5. The smallest absolute Gasteiger partial charge is 0.267 e. The molecule has 2 aromatic heterocycles. The van der Waals surface area contributed by atoms with Crippen LogP contribution in [-0.2, 0) is 0 Å². The van der Waals surface area contributed by atoms with Gasteiger partial charge in [-0.15, -0.1) is 22.7 Å². The van der Waals surface area contributed by atoms with Gasteiger partial charge in [-0.2, -0.15) is 5.10 Å². The molecule has 120 valence electrons. The lowest BCUT2D eigenvalue weighted by Gasteiger charge is -2.20. The number of nitrogens with zero attached hydrogens (tertiary/aromatic N) is 2. The number of halogens is 1. The van der Waals surface area contributed by atoms with Gasteiger partial charge in [0.05, 0.1) is 16.6 Å². The number of amides is 1. The van der Waals surface area contributed by atoms with E-state index in [1.807, 2.05) is 29.0 Å². The first kappa shape index (κ1) is 15.6. The van der Waals surface area contributed by atoms with Gasteiger partial charge in [0, 0.05) is 21.9 Å². The van der Waals surface area contributed by atoms with Crippen LogP contribution in [0.3, 0.4) is 0 Å². The summed E-state index contributed by atoms with van der Waals surface area (Å²) >= 11 is 9.33. The van der Waals surface area contributed by atoms with Gasteiger partial charge in [-0.25, -0.2) is 5.01 Å². The van der Waals surface area contributed by atoms with E-state index in [1.165, 1.54) is 0 Å². The van der Waals surface area contributed by atoms with Gasteiger partial charge >= 0.3 is 0 Å². The van der Waals surface area contributed by atoms with E-state index >= 15 is 0 Å². The number of hydrazone groups is 1. The highest BCUT2D eigenvalue weighted by Crippen LogP contribution is 2.36. The van der Waals surface area contributed by atoms with Crippen LogP contribution in [-0.4, -0.2) is 16.6 Å². The molecule has 0 bridgehead atoms. The quantitative estimate of drug-likeness (QED) is 0.601. The van der Waals surface area contributed by atoms with Crippen LogP contribution in [0.2, 0.25) is 5.02 Å². The summed E-state index contributed by atoms with van der Waals surface area (Å²) in [5.74, 6) is -0.123. The lowest BCUT2D eigenvalue weighted by molar-refractivity contribution is 0.0714. The fourth-order valence-electron chi connectivity index (χ4n) is 2.75. The molecule has 1 aliphatic rings. The van der Waals surface area contributed by atoms with Crippen molar-refractivity contribution in [1.82, 2.24) is 5.01 Å². The minimum absolute atomic E-state index is 0.0615. The van der Waals surface area contributed by atoms with Crippen LogP contribution in [0.5, 0.6) is 0 Å². The lowest BCUT2D eigenvalue weighted by Crippen LogP contribution is -2.26. The normalized spacial score (nSPS) is 17.1. The van der Waals surface area contributed by atoms with Gasteiger partial charge in [-0.1, -0.05) is 29.8 Å². The van der Waals surface area contributed by atoms with Gasteiger partial charge in [0.1, 0.15) is 0 Å². The second kappa shape index (κ2) is 6.51. The molecule has 4 rings (SSSR count). The zero-order chi connectivity index (χ0) is 16.5. The molecule has 0 aliphatic carbocycles. The summed E-state index contributed by atoms with van der Waals surface area (Å²) in [4.78, 5) is 15.2. The summed E-state index contributed by atoms with van der Waals surface area (Å²) in [7, 11) is 0. The predicted molar refractivity (Wildman–Crippen MR) is 100 cm³/mol. The fourth-order valence-corrected chi connectivity index (χ4v) is 4.47. The van der Waals surface area contributed by atoms with Crippen molar-refractivity contribution >= 4 is 45.9 Å². The van der Waals surface area contributed by atoms with E-state index < -0.39 is 0 Å². The number of rotatable bonds is 3. The van der Waals surface area contributed by atoms with E-state index in [4.69, 9.17) is 11.6 Å². The minimum Gasteiger partial charge on any atom is -0.267 e. The molecule has 24 heavy (non-hydrogen) atoms. The second-order valence-electron chi connectivity index (χ2n) is 5.42. The monoisotopic (exact) mass is 372 g/mol. The van der Waals surface area contributed by atoms with Crippen molar-refractivity contribution in [3.05, 3.63) is 79.6 Å². The highest BCUT2D eigenvalue weighted by Gasteiger charge is 2.34. The Labute approximate surface area is 152 Å². The van der Waals surface area contributed by atoms with E-state index in [9.17, 15) is 4.79 Å². The number of benzene rings is 1. The van der Waals surface area contributed by atoms with Crippen LogP contribution in [0.4, 0.5) is 0 Å². The van der Waals surface area contributed by atoms with Crippen molar-refractivity contribution in [2.45, 2.75) is 12.5 Å². The third kappa shape index (κ3) is 2.90. The largest absolute Gasteiger partial charge is 0.274 e. The van der Waals surface area contributed by atoms with E-state index in [0.29, 0.717) is 10.6 Å². The summed E-state index contributed by atoms with van der Waals surface area (Å²) < 4.78 is 0. The molecule has 1 aromatic carbocycles. The predicted octanol–water partition coefficient (Wildman–Crippen LogP) is 5.45. The number of hydrogen-bond donors (Lipinski definition) is 0. The van der Waals surface area contributed by atoms with Gasteiger partial charge in [0.25, 0.3) is 5.91 Å². The van der Waals surface area contributed by atoms with E-state index in [2.05, 4.69) is 11.2 Å². The van der Waals surface area contributed by atoms with Gasteiger partial charge in [-0.3, -0.25) is 4.79 Å². The van der Waals surface area contributed by atoms with Crippen molar-refractivity contribution < 1.29 is 4.79 Å². The van der Waals surface area contributed by atoms with E-state index in [1.54, 1.807) is 51.9 Å². The van der Waals surface area contributed by atoms with Crippen LogP contribution in [0.15, 0.2) is 64.4 Å². The zero-order valence-electron chi connectivity index (χ0n) is 12.6. The summed E-state index contributed by atoms with van der Waals surface area (Å²) in [5.41, 5.74) is 1.51. The molecule has 0 spiro atoms. The maximum atomic E-state index is 13.0. The summed E-state index contributed by atoms with van der Waals surface area (Å²) in [6.07, 6.45) is 0.729. The third-order valence-corrected chi connectivity index (χ3v) is 5.99. The molecule has 0 saturated carbocycles. The number of carbonyl (C=O) groups is 1. The molecule has 0 radical (unpaired) electrons. The molecule has 3 nitrogen and oxygen atoms in total. The summed E-state index contributed by atoms with van der Waals surface area (Å²) in [6, 6.07) is 15.1. The van der Waals surface area contributed by atoms with Crippen LogP contribution in [0, 0.1) is 0 Å². The molecule has 3 heterocycles. The molecule has 1 unspecified atom stereocenters. The Kier molecular flexibility index (Phi) is 4.22. The Balaban J connectivity index is 1.72. The highest BCUT2D eigenvalue weighted by molar-refractivity contribution is 7.12. The molecule has 0 N–H and O–H groups in total. The van der Waals surface area contributed by atoms with Crippen LogP contribution in [0.1, 0.15) is 32.6 Å². The van der Waals surface area contributed by atoms with Gasteiger partial charge < -0.3 is 0 Å². The summed E-state index contributed by atoms with van der Waals surface area (Å²) in [6.45, 7) is 0. The Bertz CT molecular complexity index is 888. The Morgan fingerprint density at radius 3 is 2.67 bits per heavy atom. The van der Waals surface area contributed by atoms with Crippen molar-refractivity contribution in [3.8, 4) is 0 Å².